The average Bonchev–Trinajstić information content (AvgIpc) is 2.84. The predicted molar refractivity (Wildman–Crippen MR) is 81.2 cm³/mol. The Morgan fingerprint density at radius 3 is 2.48 bits per heavy atom. The molecule has 0 saturated carbocycles. The number of H-pyrrole nitrogens is 1. The molecule has 5 nitrogen and oxygen atoms in total. The number of nitrogens with zero attached hydrogens (tertiary/aromatic N) is 1. The van der Waals surface area contributed by atoms with Gasteiger partial charge in [-0.05, 0) is 18.2 Å². The first-order valence-corrected chi connectivity index (χ1v) is 6.62. The number of imidazole rings is 1. The quantitative estimate of drug-likeness (QED) is 0.800. The van der Waals surface area contributed by atoms with Gasteiger partial charge in [-0.15, -0.1) is 0 Å². The number of aromatic nitrogens is 2. The van der Waals surface area contributed by atoms with Crippen LogP contribution < -0.4 is 15.2 Å². The van der Waals surface area contributed by atoms with E-state index < -0.39 is 0 Å². The maximum atomic E-state index is 12.2. The Balaban J connectivity index is 2.13. The lowest BCUT2D eigenvalue weighted by atomic mass is 10.2. The zero-order valence-corrected chi connectivity index (χ0v) is 11.9. The van der Waals surface area contributed by atoms with Crippen LogP contribution in [0.2, 0.25) is 0 Å². The van der Waals surface area contributed by atoms with Crippen LogP contribution in [0.15, 0.2) is 47.3 Å². The summed E-state index contributed by atoms with van der Waals surface area (Å²) >= 11 is 0. The summed E-state index contributed by atoms with van der Waals surface area (Å²) in [5.41, 5.74) is 2.30. The molecule has 0 spiro atoms. The van der Waals surface area contributed by atoms with Crippen molar-refractivity contribution in [3.05, 3.63) is 58.5 Å². The lowest BCUT2D eigenvalue weighted by Gasteiger charge is -2.09. The molecule has 0 aliphatic carbocycles. The topological polar surface area (TPSA) is 56.2 Å². The molecular weight excluding hydrogens is 268 g/mol. The normalized spacial score (nSPS) is 10.8. The molecule has 21 heavy (non-hydrogen) atoms. The first-order chi connectivity index (χ1) is 10.2. The van der Waals surface area contributed by atoms with Gasteiger partial charge in [0.05, 0.1) is 26.3 Å². The van der Waals surface area contributed by atoms with Crippen molar-refractivity contribution in [3.8, 4) is 11.5 Å². The highest BCUT2D eigenvalue weighted by atomic mass is 16.5. The van der Waals surface area contributed by atoms with Crippen LogP contribution in [0.5, 0.6) is 11.5 Å². The van der Waals surface area contributed by atoms with Gasteiger partial charge in [0.2, 0.25) is 0 Å². The molecule has 3 aromatic rings. The van der Waals surface area contributed by atoms with Gasteiger partial charge in [-0.2, -0.15) is 0 Å². The van der Waals surface area contributed by atoms with Crippen LogP contribution in [0.3, 0.4) is 0 Å². The Labute approximate surface area is 121 Å². The second-order valence-corrected chi connectivity index (χ2v) is 4.68. The number of aromatic amines is 1. The number of rotatable bonds is 4. The molecule has 108 valence electrons. The Hall–Kier alpha value is -2.69. The largest absolute Gasteiger partial charge is 0.496 e. The number of hydrogen-bond acceptors (Lipinski definition) is 3. The van der Waals surface area contributed by atoms with Gasteiger partial charge in [-0.1, -0.05) is 24.3 Å². The van der Waals surface area contributed by atoms with Gasteiger partial charge in [-0.25, -0.2) is 4.79 Å². The van der Waals surface area contributed by atoms with E-state index in [1.54, 1.807) is 18.8 Å². The van der Waals surface area contributed by atoms with Gasteiger partial charge in [0.25, 0.3) is 0 Å². The molecule has 1 heterocycles. The SMILES string of the molecule is COc1ccccc1Cn1c(=O)[nH]c2c(OC)cccc21. The zero-order valence-electron chi connectivity index (χ0n) is 11.9. The maximum Gasteiger partial charge on any atom is 0.326 e. The molecule has 3 rings (SSSR count). The predicted octanol–water partition coefficient (Wildman–Crippen LogP) is 2.40. The van der Waals surface area contributed by atoms with Crippen molar-refractivity contribution in [2.75, 3.05) is 14.2 Å². The van der Waals surface area contributed by atoms with E-state index in [-0.39, 0.29) is 5.69 Å². The fraction of sp³-hybridized carbons (Fsp3) is 0.188. The first kappa shape index (κ1) is 13.3. The summed E-state index contributed by atoms with van der Waals surface area (Å²) in [5, 5.41) is 0. The summed E-state index contributed by atoms with van der Waals surface area (Å²) in [6.07, 6.45) is 0. The summed E-state index contributed by atoms with van der Waals surface area (Å²) in [7, 11) is 3.21. The van der Waals surface area contributed by atoms with Gasteiger partial charge in [0.1, 0.15) is 17.0 Å². The number of hydrogen-bond donors (Lipinski definition) is 1. The third kappa shape index (κ3) is 2.27. The van der Waals surface area contributed by atoms with E-state index in [9.17, 15) is 4.79 Å². The minimum Gasteiger partial charge on any atom is -0.496 e. The van der Waals surface area contributed by atoms with Gasteiger partial charge in [0.15, 0.2) is 0 Å². The smallest absolute Gasteiger partial charge is 0.326 e. The van der Waals surface area contributed by atoms with E-state index in [0.29, 0.717) is 17.8 Å². The third-order valence-electron chi connectivity index (χ3n) is 3.51. The molecule has 0 amide bonds. The molecule has 0 radical (unpaired) electrons. The van der Waals surface area contributed by atoms with Crippen LogP contribution in [-0.2, 0) is 6.54 Å². The fourth-order valence-corrected chi connectivity index (χ4v) is 2.48. The number of fused-ring (bicyclic) bond motifs is 1. The van der Waals surface area contributed by atoms with Crippen molar-refractivity contribution in [3.63, 3.8) is 0 Å². The summed E-state index contributed by atoms with van der Waals surface area (Å²) in [6, 6.07) is 13.3. The average molecular weight is 284 g/mol. The van der Waals surface area contributed by atoms with E-state index in [4.69, 9.17) is 9.47 Å². The monoisotopic (exact) mass is 284 g/mol. The maximum absolute atomic E-state index is 12.2. The molecule has 1 aromatic heterocycles. The summed E-state index contributed by atoms with van der Waals surface area (Å²) < 4.78 is 12.3. The molecule has 0 aliphatic heterocycles. The van der Waals surface area contributed by atoms with Crippen LogP contribution >= 0.6 is 0 Å². The standard InChI is InChI=1S/C16H16N2O3/c1-20-13-8-4-3-6-11(13)10-18-12-7-5-9-14(21-2)15(12)17-16(18)19/h3-9H,10H2,1-2H3,(H,17,19). The highest BCUT2D eigenvalue weighted by Crippen LogP contribution is 2.24. The molecule has 0 aliphatic rings. The molecule has 2 aromatic carbocycles. The number of nitrogens with one attached hydrogen (secondary N) is 1. The number of benzene rings is 2. The third-order valence-corrected chi connectivity index (χ3v) is 3.51. The lowest BCUT2D eigenvalue weighted by Crippen LogP contribution is -2.17. The zero-order chi connectivity index (χ0) is 14.8. The van der Waals surface area contributed by atoms with E-state index in [1.165, 1.54) is 0 Å². The van der Waals surface area contributed by atoms with Gasteiger partial charge >= 0.3 is 5.69 Å². The Morgan fingerprint density at radius 2 is 1.71 bits per heavy atom. The Bertz CT molecular complexity index is 833. The minimum atomic E-state index is -0.166. The lowest BCUT2D eigenvalue weighted by molar-refractivity contribution is 0.408. The summed E-state index contributed by atoms with van der Waals surface area (Å²) in [4.78, 5) is 15.1. The van der Waals surface area contributed by atoms with E-state index in [1.807, 2.05) is 42.5 Å². The van der Waals surface area contributed by atoms with Crippen LogP contribution in [0, 0.1) is 0 Å². The molecule has 0 fully saturated rings. The highest BCUT2D eigenvalue weighted by molar-refractivity contribution is 5.81. The van der Waals surface area contributed by atoms with Crippen LogP contribution in [0.4, 0.5) is 0 Å². The highest BCUT2D eigenvalue weighted by Gasteiger charge is 2.12. The van der Waals surface area contributed by atoms with Crippen LogP contribution in [0.25, 0.3) is 11.0 Å². The van der Waals surface area contributed by atoms with Crippen LogP contribution in [0.1, 0.15) is 5.56 Å². The number of methoxy groups -OCH3 is 2. The Kier molecular flexibility index (Phi) is 3.39. The van der Waals surface area contributed by atoms with Crippen molar-refractivity contribution in [2.45, 2.75) is 6.54 Å². The van der Waals surface area contributed by atoms with Gasteiger partial charge < -0.3 is 14.5 Å². The van der Waals surface area contributed by atoms with Crippen LogP contribution in [-0.4, -0.2) is 23.8 Å². The van der Waals surface area contributed by atoms with Crippen molar-refractivity contribution < 1.29 is 9.47 Å². The second kappa shape index (κ2) is 5.36. The number of para-hydroxylation sites is 2. The molecule has 0 unspecified atom stereocenters. The molecule has 0 atom stereocenters. The van der Waals surface area contributed by atoms with Gasteiger partial charge in [0, 0.05) is 5.56 Å². The molecule has 1 N–H and O–H groups in total. The van der Waals surface area contributed by atoms with E-state index >= 15 is 0 Å². The molecule has 0 bridgehead atoms. The number of ether oxygens (including phenoxy) is 2. The van der Waals surface area contributed by atoms with E-state index in [2.05, 4.69) is 4.98 Å². The van der Waals surface area contributed by atoms with Gasteiger partial charge in [-0.3, -0.25) is 4.57 Å². The summed E-state index contributed by atoms with van der Waals surface area (Å²) in [6.45, 7) is 0.440. The van der Waals surface area contributed by atoms with Crippen molar-refractivity contribution >= 4 is 11.0 Å². The van der Waals surface area contributed by atoms with Crippen molar-refractivity contribution in [2.24, 2.45) is 0 Å². The minimum absolute atomic E-state index is 0.166. The van der Waals surface area contributed by atoms with Crippen molar-refractivity contribution in [1.82, 2.24) is 9.55 Å². The van der Waals surface area contributed by atoms with E-state index in [0.717, 1.165) is 16.8 Å². The summed E-state index contributed by atoms with van der Waals surface area (Å²) in [5.74, 6) is 1.42. The van der Waals surface area contributed by atoms with Crippen molar-refractivity contribution in [1.29, 1.82) is 0 Å². The Morgan fingerprint density at radius 1 is 1.00 bits per heavy atom. The molecule has 0 saturated heterocycles. The molecule has 5 heteroatoms. The molecular formula is C16H16N2O3. The second-order valence-electron chi connectivity index (χ2n) is 4.68. The fourth-order valence-electron chi connectivity index (χ4n) is 2.48. The first-order valence-electron chi connectivity index (χ1n) is 6.62.